The number of hydrogen-bond acceptors (Lipinski definition) is 3. The Bertz CT molecular complexity index is 350. The number of likely N-dealkylation sites (N-methyl/N-ethyl adjacent to an activating group) is 1. The average Bonchev–Trinajstić information content (AvgIpc) is 1.99. The Kier molecular flexibility index (Phi) is 3.82. The zero-order chi connectivity index (χ0) is 11.6. The summed E-state index contributed by atoms with van der Waals surface area (Å²) in [6.45, 7) is 3.90. The lowest BCUT2D eigenvalue weighted by atomic mass is 10.1. The summed E-state index contributed by atoms with van der Waals surface area (Å²) in [7, 11) is 1.82. The monoisotopic (exact) mass is 248 g/mol. The lowest BCUT2D eigenvalue weighted by Crippen LogP contribution is -2.36. The van der Waals surface area contributed by atoms with Crippen LogP contribution in [0.25, 0.3) is 0 Å². The van der Waals surface area contributed by atoms with Gasteiger partial charge in [0, 0.05) is 19.8 Å². The van der Waals surface area contributed by atoms with Gasteiger partial charge in [0.05, 0.1) is 15.6 Å². The minimum Gasteiger partial charge on any atom is -0.389 e. The lowest BCUT2D eigenvalue weighted by Gasteiger charge is -2.26. The molecule has 1 N–H and O–H groups in total. The van der Waals surface area contributed by atoms with E-state index in [0.29, 0.717) is 22.4 Å². The molecule has 3 nitrogen and oxygen atoms in total. The summed E-state index contributed by atoms with van der Waals surface area (Å²) in [4.78, 5) is 5.90. The summed E-state index contributed by atoms with van der Waals surface area (Å²) in [5.74, 6) is 0.614. The molecule has 0 saturated carbocycles. The maximum atomic E-state index is 9.66. The predicted molar refractivity (Wildman–Crippen MR) is 63.8 cm³/mol. The van der Waals surface area contributed by atoms with Gasteiger partial charge in [-0.3, -0.25) is 0 Å². The number of aliphatic hydroxyl groups is 1. The molecule has 0 aliphatic heterocycles. The van der Waals surface area contributed by atoms with E-state index in [1.807, 2.05) is 7.05 Å². The van der Waals surface area contributed by atoms with Gasteiger partial charge in [0.25, 0.3) is 0 Å². The lowest BCUT2D eigenvalue weighted by molar-refractivity contribution is 0.0884. The van der Waals surface area contributed by atoms with E-state index in [-0.39, 0.29) is 0 Å². The highest BCUT2D eigenvalue weighted by Crippen LogP contribution is 2.25. The second kappa shape index (κ2) is 4.56. The fourth-order valence-corrected chi connectivity index (χ4v) is 1.87. The van der Waals surface area contributed by atoms with Crippen LogP contribution >= 0.6 is 23.2 Å². The first-order valence-electron chi connectivity index (χ1n) is 4.54. The molecular formula is C10H14Cl2N2O. The van der Waals surface area contributed by atoms with Crippen LogP contribution in [0.1, 0.15) is 13.8 Å². The van der Waals surface area contributed by atoms with Crippen LogP contribution < -0.4 is 4.90 Å². The summed E-state index contributed by atoms with van der Waals surface area (Å²) < 4.78 is 0. The van der Waals surface area contributed by atoms with E-state index in [9.17, 15) is 5.11 Å². The molecule has 5 heteroatoms. The van der Waals surface area contributed by atoms with Crippen molar-refractivity contribution in [3.05, 3.63) is 22.3 Å². The van der Waals surface area contributed by atoms with E-state index in [1.54, 1.807) is 24.8 Å². The molecule has 1 aromatic heterocycles. The topological polar surface area (TPSA) is 36.4 Å². The molecule has 1 heterocycles. The summed E-state index contributed by atoms with van der Waals surface area (Å²) >= 11 is 11.7. The van der Waals surface area contributed by atoms with Gasteiger partial charge in [-0.25, -0.2) is 4.98 Å². The van der Waals surface area contributed by atoms with E-state index in [4.69, 9.17) is 23.2 Å². The molecule has 0 aliphatic carbocycles. The second-order valence-electron chi connectivity index (χ2n) is 4.13. The Hall–Kier alpha value is -0.510. The Morgan fingerprint density at radius 2 is 2.07 bits per heavy atom. The van der Waals surface area contributed by atoms with Crippen molar-refractivity contribution in [3.63, 3.8) is 0 Å². The van der Waals surface area contributed by atoms with E-state index in [0.717, 1.165) is 0 Å². The molecule has 0 radical (unpaired) electrons. The molecule has 0 saturated heterocycles. The molecule has 84 valence electrons. The van der Waals surface area contributed by atoms with Gasteiger partial charge in [-0.1, -0.05) is 23.2 Å². The van der Waals surface area contributed by atoms with Crippen LogP contribution in [0, 0.1) is 0 Å². The fraction of sp³-hybridized carbons (Fsp3) is 0.500. The third-order valence-electron chi connectivity index (χ3n) is 1.77. The Balaban J connectivity index is 2.87. The number of hydrogen-bond donors (Lipinski definition) is 1. The molecule has 1 aromatic rings. The smallest absolute Gasteiger partial charge is 0.147 e. The maximum absolute atomic E-state index is 9.66. The molecule has 0 unspecified atom stereocenters. The van der Waals surface area contributed by atoms with Crippen molar-refractivity contribution in [2.45, 2.75) is 19.4 Å². The molecule has 0 spiro atoms. The van der Waals surface area contributed by atoms with Crippen molar-refractivity contribution in [1.82, 2.24) is 4.98 Å². The molecule has 0 fully saturated rings. The first kappa shape index (κ1) is 12.6. The largest absolute Gasteiger partial charge is 0.389 e. The molecule has 0 aromatic carbocycles. The van der Waals surface area contributed by atoms with Crippen LogP contribution in [-0.2, 0) is 0 Å². The first-order chi connectivity index (χ1) is 6.79. The highest BCUT2D eigenvalue weighted by Gasteiger charge is 2.18. The minimum atomic E-state index is -0.792. The van der Waals surface area contributed by atoms with Gasteiger partial charge in [0.1, 0.15) is 5.82 Å². The molecule has 0 atom stereocenters. The van der Waals surface area contributed by atoms with Crippen LogP contribution in [0.15, 0.2) is 12.3 Å². The number of nitrogens with zero attached hydrogens (tertiary/aromatic N) is 2. The van der Waals surface area contributed by atoms with Gasteiger partial charge >= 0.3 is 0 Å². The van der Waals surface area contributed by atoms with Crippen LogP contribution in [-0.4, -0.2) is 29.3 Å². The summed E-state index contributed by atoms with van der Waals surface area (Å²) in [5.41, 5.74) is -0.792. The predicted octanol–water partition coefficient (Wildman–Crippen LogP) is 2.60. The van der Waals surface area contributed by atoms with Crippen molar-refractivity contribution in [3.8, 4) is 0 Å². The summed E-state index contributed by atoms with van der Waals surface area (Å²) in [6.07, 6.45) is 1.53. The molecule has 0 bridgehead atoms. The van der Waals surface area contributed by atoms with E-state index in [1.165, 1.54) is 6.20 Å². The van der Waals surface area contributed by atoms with Crippen molar-refractivity contribution in [2.24, 2.45) is 0 Å². The maximum Gasteiger partial charge on any atom is 0.147 e. The third kappa shape index (κ3) is 3.86. The van der Waals surface area contributed by atoms with Crippen molar-refractivity contribution in [1.29, 1.82) is 0 Å². The zero-order valence-electron chi connectivity index (χ0n) is 8.96. The van der Waals surface area contributed by atoms with Crippen molar-refractivity contribution >= 4 is 29.0 Å². The number of aromatic nitrogens is 1. The highest BCUT2D eigenvalue weighted by atomic mass is 35.5. The molecule has 1 rings (SSSR count). The number of rotatable bonds is 3. The highest BCUT2D eigenvalue weighted by molar-refractivity contribution is 6.35. The number of pyridine rings is 1. The minimum absolute atomic E-state index is 0.446. The van der Waals surface area contributed by atoms with Crippen LogP contribution in [0.4, 0.5) is 5.82 Å². The Morgan fingerprint density at radius 3 is 2.53 bits per heavy atom. The van der Waals surface area contributed by atoms with Gasteiger partial charge in [-0.15, -0.1) is 0 Å². The van der Waals surface area contributed by atoms with Gasteiger partial charge in [0.2, 0.25) is 0 Å². The van der Waals surface area contributed by atoms with Crippen LogP contribution in [0.5, 0.6) is 0 Å². The van der Waals surface area contributed by atoms with Gasteiger partial charge in [0.15, 0.2) is 0 Å². The second-order valence-corrected chi connectivity index (χ2v) is 4.97. The van der Waals surface area contributed by atoms with Crippen molar-refractivity contribution < 1.29 is 5.11 Å². The Morgan fingerprint density at radius 1 is 1.47 bits per heavy atom. The number of anilines is 1. The number of halogens is 2. The normalized spacial score (nSPS) is 11.6. The van der Waals surface area contributed by atoms with Gasteiger partial charge in [-0.2, -0.15) is 0 Å². The van der Waals surface area contributed by atoms with Gasteiger partial charge in [-0.05, 0) is 19.9 Å². The third-order valence-corrected chi connectivity index (χ3v) is 2.26. The van der Waals surface area contributed by atoms with E-state index < -0.39 is 5.60 Å². The summed E-state index contributed by atoms with van der Waals surface area (Å²) in [5, 5.41) is 10.6. The van der Waals surface area contributed by atoms with E-state index >= 15 is 0 Å². The first-order valence-corrected chi connectivity index (χ1v) is 5.30. The van der Waals surface area contributed by atoms with Crippen LogP contribution in [0.3, 0.4) is 0 Å². The van der Waals surface area contributed by atoms with Crippen molar-refractivity contribution in [2.75, 3.05) is 18.5 Å². The standard InChI is InChI=1S/C10H14Cl2N2O/c1-10(2,15)6-14(3)9-8(12)4-7(11)5-13-9/h4-5,15H,6H2,1-3H3. The fourth-order valence-electron chi connectivity index (χ4n) is 1.34. The Labute approximate surface area is 99.6 Å². The quantitative estimate of drug-likeness (QED) is 0.894. The van der Waals surface area contributed by atoms with Crippen LogP contribution in [0.2, 0.25) is 10.0 Å². The summed E-state index contributed by atoms with van der Waals surface area (Å²) in [6, 6.07) is 1.63. The molecular weight excluding hydrogens is 235 g/mol. The average molecular weight is 249 g/mol. The molecule has 0 aliphatic rings. The van der Waals surface area contributed by atoms with Gasteiger partial charge < -0.3 is 10.0 Å². The zero-order valence-corrected chi connectivity index (χ0v) is 10.5. The SMILES string of the molecule is CN(CC(C)(C)O)c1ncc(Cl)cc1Cl. The van der Waals surface area contributed by atoms with E-state index in [2.05, 4.69) is 4.98 Å². The molecule has 0 amide bonds. The molecule has 15 heavy (non-hydrogen) atoms.